The lowest BCUT2D eigenvalue weighted by molar-refractivity contribution is -0.129. The number of aromatic nitrogens is 3. The van der Waals surface area contributed by atoms with E-state index in [9.17, 15) is 9.59 Å². The summed E-state index contributed by atoms with van der Waals surface area (Å²) in [6.07, 6.45) is 3.63. The van der Waals surface area contributed by atoms with Crippen molar-refractivity contribution in [3.63, 3.8) is 0 Å². The highest BCUT2D eigenvalue weighted by Gasteiger charge is 2.25. The summed E-state index contributed by atoms with van der Waals surface area (Å²) in [5.41, 5.74) is 2.45. The number of rotatable bonds is 3. The number of amides is 1. The van der Waals surface area contributed by atoms with Crippen LogP contribution in [0.25, 0.3) is 33.6 Å². The van der Waals surface area contributed by atoms with Gasteiger partial charge in [0.05, 0.1) is 24.1 Å². The fraction of sp³-hybridized carbons (Fsp3) is 0.208. The first-order chi connectivity index (χ1) is 15.1. The van der Waals surface area contributed by atoms with E-state index < -0.39 is 0 Å². The number of aromatic amines is 1. The fourth-order valence-electron chi connectivity index (χ4n) is 4.04. The number of hydrogen-bond donors (Lipinski definition) is 1. The van der Waals surface area contributed by atoms with Gasteiger partial charge in [-0.1, -0.05) is 30.3 Å². The van der Waals surface area contributed by atoms with Gasteiger partial charge in [0, 0.05) is 35.8 Å². The number of para-hydroxylation sites is 2. The van der Waals surface area contributed by atoms with Crippen molar-refractivity contribution in [3.05, 3.63) is 76.5 Å². The van der Waals surface area contributed by atoms with E-state index in [-0.39, 0.29) is 17.2 Å². The Bertz CT molecular complexity index is 1380. The lowest BCUT2D eigenvalue weighted by Crippen LogP contribution is -2.43. The Kier molecular flexibility index (Phi) is 4.88. The minimum Gasteiger partial charge on any atom is -0.378 e. The van der Waals surface area contributed by atoms with Crippen LogP contribution in [0.4, 0.5) is 0 Å². The molecule has 0 radical (unpaired) electrons. The first kappa shape index (κ1) is 19.3. The predicted molar refractivity (Wildman–Crippen MR) is 121 cm³/mol. The predicted octanol–water partition coefficient (Wildman–Crippen LogP) is 3.04. The van der Waals surface area contributed by atoms with Crippen molar-refractivity contribution in [2.45, 2.75) is 6.92 Å². The molecule has 1 amide bonds. The van der Waals surface area contributed by atoms with E-state index >= 15 is 0 Å². The average molecular weight is 414 g/mol. The van der Waals surface area contributed by atoms with Gasteiger partial charge >= 0.3 is 0 Å². The molecular formula is C24H22N4O3. The fourth-order valence-corrected chi connectivity index (χ4v) is 4.04. The molecule has 1 N–H and O–H groups in total. The zero-order valence-electron chi connectivity index (χ0n) is 17.2. The van der Waals surface area contributed by atoms with Gasteiger partial charge in [-0.05, 0) is 31.2 Å². The number of fused-ring (bicyclic) bond motifs is 2. The number of carbonyl (C=O) groups excluding carboxylic acids is 1. The number of nitrogens with zero attached hydrogens (tertiary/aromatic N) is 3. The van der Waals surface area contributed by atoms with Gasteiger partial charge in [-0.2, -0.15) is 0 Å². The molecule has 0 aliphatic carbocycles. The summed E-state index contributed by atoms with van der Waals surface area (Å²) in [5, 5.41) is 1.46. The molecule has 2 aromatic heterocycles. The lowest BCUT2D eigenvalue weighted by Gasteiger charge is -2.28. The summed E-state index contributed by atoms with van der Waals surface area (Å²) in [6, 6.07) is 15.1. The SMILES string of the molecule is Cc1nc2ccccc2c(=O)n1/C(=C/c1c[nH]c2ccccc12)C(=O)N1CCOCC1. The van der Waals surface area contributed by atoms with E-state index in [4.69, 9.17) is 4.74 Å². The number of hydrogen-bond acceptors (Lipinski definition) is 4. The molecule has 0 atom stereocenters. The van der Waals surface area contributed by atoms with E-state index in [2.05, 4.69) is 9.97 Å². The van der Waals surface area contributed by atoms with Crippen LogP contribution in [0.2, 0.25) is 0 Å². The highest BCUT2D eigenvalue weighted by Crippen LogP contribution is 2.23. The molecule has 0 bridgehead atoms. The van der Waals surface area contributed by atoms with Crippen molar-refractivity contribution in [2.75, 3.05) is 26.3 Å². The molecule has 3 heterocycles. The molecule has 0 spiro atoms. The monoisotopic (exact) mass is 414 g/mol. The number of benzene rings is 2. The highest BCUT2D eigenvalue weighted by molar-refractivity contribution is 6.19. The van der Waals surface area contributed by atoms with Crippen LogP contribution in [0, 0.1) is 6.92 Å². The van der Waals surface area contributed by atoms with Crippen LogP contribution in [0.15, 0.2) is 59.5 Å². The van der Waals surface area contributed by atoms with Crippen LogP contribution in [0.5, 0.6) is 0 Å². The normalized spacial score (nSPS) is 15.0. The molecule has 7 heteroatoms. The molecule has 1 saturated heterocycles. The van der Waals surface area contributed by atoms with Gasteiger partial charge < -0.3 is 14.6 Å². The number of carbonyl (C=O) groups is 1. The Balaban J connectivity index is 1.74. The summed E-state index contributed by atoms with van der Waals surface area (Å²) in [4.78, 5) is 36.6. The third-order valence-corrected chi connectivity index (χ3v) is 5.62. The Morgan fingerprint density at radius 3 is 2.58 bits per heavy atom. The second-order valence-corrected chi connectivity index (χ2v) is 7.54. The van der Waals surface area contributed by atoms with Crippen molar-refractivity contribution < 1.29 is 9.53 Å². The van der Waals surface area contributed by atoms with Crippen molar-refractivity contribution in [1.82, 2.24) is 19.4 Å². The number of morpholine rings is 1. The quantitative estimate of drug-likeness (QED) is 0.523. The maximum absolute atomic E-state index is 13.6. The summed E-state index contributed by atoms with van der Waals surface area (Å²) < 4.78 is 6.84. The molecule has 0 unspecified atom stereocenters. The number of H-pyrrole nitrogens is 1. The van der Waals surface area contributed by atoms with Crippen LogP contribution in [0.1, 0.15) is 11.4 Å². The molecule has 5 rings (SSSR count). The van der Waals surface area contributed by atoms with Gasteiger partial charge in [-0.3, -0.25) is 14.2 Å². The van der Waals surface area contributed by atoms with Gasteiger partial charge in [0.25, 0.3) is 11.5 Å². The van der Waals surface area contributed by atoms with Crippen LogP contribution in [-0.4, -0.2) is 51.6 Å². The Hall–Kier alpha value is -3.71. The molecule has 4 aromatic rings. The highest BCUT2D eigenvalue weighted by atomic mass is 16.5. The maximum Gasteiger partial charge on any atom is 0.271 e. The first-order valence-corrected chi connectivity index (χ1v) is 10.3. The van der Waals surface area contributed by atoms with Gasteiger partial charge in [-0.25, -0.2) is 4.98 Å². The number of ether oxygens (including phenoxy) is 1. The van der Waals surface area contributed by atoms with E-state index in [0.29, 0.717) is 43.0 Å². The molecule has 31 heavy (non-hydrogen) atoms. The van der Waals surface area contributed by atoms with E-state index in [1.54, 1.807) is 36.1 Å². The van der Waals surface area contributed by atoms with Crippen LogP contribution >= 0.6 is 0 Å². The van der Waals surface area contributed by atoms with Gasteiger partial charge in [0.1, 0.15) is 11.5 Å². The molecule has 156 valence electrons. The van der Waals surface area contributed by atoms with Gasteiger partial charge in [0.2, 0.25) is 0 Å². The summed E-state index contributed by atoms with van der Waals surface area (Å²) in [7, 11) is 0. The van der Waals surface area contributed by atoms with Crippen LogP contribution in [0.3, 0.4) is 0 Å². The molecular weight excluding hydrogens is 392 g/mol. The summed E-state index contributed by atoms with van der Waals surface area (Å²) in [6.45, 7) is 3.69. The summed E-state index contributed by atoms with van der Waals surface area (Å²) >= 11 is 0. The average Bonchev–Trinajstić information content (AvgIpc) is 3.21. The topological polar surface area (TPSA) is 80.2 Å². The zero-order chi connectivity index (χ0) is 21.4. The standard InChI is InChI=1S/C24H22N4O3/c1-16-26-21-9-5-3-7-19(21)23(29)28(16)22(24(30)27-10-12-31-13-11-27)14-17-15-25-20-8-4-2-6-18(17)20/h2-9,14-15,25H,10-13H2,1H3/b22-14+. The van der Waals surface area contributed by atoms with Gasteiger partial charge in [-0.15, -0.1) is 0 Å². The molecule has 0 saturated carbocycles. The third-order valence-electron chi connectivity index (χ3n) is 5.62. The van der Waals surface area contributed by atoms with Crippen LogP contribution in [-0.2, 0) is 9.53 Å². The van der Waals surface area contributed by atoms with Crippen molar-refractivity contribution >= 4 is 39.5 Å². The van der Waals surface area contributed by atoms with Crippen LogP contribution < -0.4 is 5.56 Å². The molecule has 7 nitrogen and oxygen atoms in total. The largest absolute Gasteiger partial charge is 0.378 e. The number of nitrogens with one attached hydrogen (secondary N) is 1. The third kappa shape index (κ3) is 3.43. The molecule has 1 aliphatic rings. The molecule has 1 fully saturated rings. The Labute approximate surface area is 178 Å². The zero-order valence-corrected chi connectivity index (χ0v) is 17.2. The Morgan fingerprint density at radius 1 is 1.06 bits per heavy atom. The Morgan fingerprint density at radius 2 is 1.77 bits per heavy atom. The number of aryl methyl sites for hydroxylation is 1. The second-order valence-electron chi connectivity index (χ2n) is 7.54. The maximum atomic E-state index is 13.6. The first-order valence-electron chi connectivity index (χ1n) is 10.3. The van der Waals surface area contributed by atoms with E-state index in [0.717, 1.165) is 16.5 Å². The van der Waals surface area contributed by atoms with Crippen molar-refractivity contribution in [1.29, 1.82) is 0 Å². The van der Waals surface area contributed by atoms with Gasteiger partial charge in [0.15, 0.2) is 0 Å². The smallest absolute Gasteiger partial charge is 0.271 e. The second kappa shape index (κ2) is 7.85. The minimum absolute atomic E-state index is 0.212. The lowest BCUT2D eigenvalue weighted by atomic mass is 10.1. The van der Waals surface area contributed by atoms with Crippen molar-refractivity contribution in [3.8, 4) is 0 Å². The summed E-state index contributed by atoms with van der Waals surface area (Å²) in [5.74, 6) is 0.257. The van der Waals surface area contributed by atoms with E-state index in [1.165, 1.54) is 4.57 Å². The minimum atomic E-state index is -0.254. The molecule has 1 aliphatic heterocycles. The molecule has 2 aromatic carbocycles. The van der Waals surface area contributed by atoms with Crippen molar-refractivity contribution in [2.24, 2.45) is 0 Å². The van der Waals surface area contributed by atoms with E-state index in [1.807, 2.05) is 36.5 Å².